The zero-order chi connectivity index (χ0) is 26.5. The lowest BCUT2D eigenvalue weighted by molar-refractivity contribution is -0.344. The van der Waals surface area contributed by atoms with Crippen molar-refractivity contribution in [2.45, 2.75) is 54.8 Å². The molecule has 0 spiro atoms. The van der Waals surface area contributed by atoms with Gasteiger partial charge in [-0.2, -0.15) is 0 Å². The number of epoxide rings is 1. The Balaban J connectivity index is 1.30. The van der Waals surface area contributed by atoms with Crippen molar-refractivity contribution in [1.82, 2.24) is 0 Å². The topological polar surface area (TPSA) is 208 Å². The maximum Gasteiger partial charge on any atom is 0.331 e. The summed E-state index contributed by atoms with van der Waals surface area (Å²) in [6, 6.07) is 4.04. The summed E-state index contributed by atoms with van der Waals surface area (Å²) >= 11 is 0. The van der Waals surface area contributed by atoms with Crippen LogP contribution in [0.3, 0.4) is 0 Å². The minimum Gasteiger partial charge on any atom is -0.504 e. The molecule has 0 aromatic heterocycles. The average molecular weight is 524 g/mol. The molecule has 3 aliphatic heterocycles. The first-order valence-corrected chi connectivity index (χ1v) is 11.7. The van der Waals surface area contributed by atoms with Crippen LogP contribution in [-0.2, 0) is 28.5 Å². The molecule has 37 heavy (non-hydrogen) atoms. The van der Waals surface area contributed by atoms with Crippen LogP contribution in [0.15, 0.2) is 36.6 Å². The van der Waals surface area contributed by atoms with Gasteiger partial charge in [-0.1, -0.05) is 6.07 Å². The van der Waals surface area contributed by atoms with Gasteiger partial charge in [-0.3, -0.25) is 0 Å². The van der Waals surface area contributed by atoms with Crippen LogP contribution in [0.4, 0.5) is 0 Å². The van der Waals surface area contributed by atoms with Crippen LogP contribution < -0.4 is 0 Å². The molecule has 1 saturated carbocycles. The number of carbonyl (C=O) groups excluding carboxylic acids is 1. The molecule has 0 bridgehead atoms. The molecule has 11 atom stereocenters. The number of hydrogen-bond donors (Lipinski definition) is 7. The van der Waals surface area contributed by atoms with Crippen molar-refractivity contribution in [3.8, 4) is 11.5 Å². The van der Waals surface area contributed by atoms with Gasteiger partial charge in [0.2, 0.25) is 6.29 Å². The Morgan fingerprint density at radius 1 is 1.05 bits per heavy atom. The smallest absolute Gasteiger partial charge is 0.331 e. The van der Waals surface area contributed by atoms with Gasteiger partial charge in [-0.15, -0.1) is 0 Å². The predicted octanol–water partition coefficient (Wildman–Crippen LogP) is -1.91. The maximum absolute atomic E-state index is 12.6. The lowest BCUT2D eigenvalue weighted by atomic mass is 9.85. The van der Waals surface area contributed by atoms with Gasteiger partial charge in [-0.05, 0) is 29.8 Å². The lowest BCUT2D eigenvalue weighted by Gasteiger charge is -2.43. The number of carbonyl (C=O) groups is 1. The Bertz CT molecular complexity index is 1070. The highest BCUT2D eigenvalue weighted by molar-refractivity contribution is 5.87. The standard InChI is InChI=1S/C24H28O13/c25-8-14-17(30)18(31)19(32)23(34-14)36-22-16-11(5-6-33-22)20(21-24(16,9-26)37-21)35-15(29)4-2-10-1-3-12(27)13(28)7-10/h1-7,11,14,16-23,25-28,30-32H,8-9H2/b4-2+/t11-,14-,16-,17-,18+,19-,20+,21+,22+,23+,24-/m0/s1. The normalized spacial score (nSPS) is 42.2. The first-order valence-electron chi connectivity index (χ1n) is 11.7. The van der Waals surface area contributed by atoms with E-state index < -0.39 is 85.8 Å². The quantitative estimate of drug-likeness (QED) is 0.0900. The van der Waals surface area contributed by atoms with E-state index in [-0.39, 0.29) is 11.5 Å². The Morgan fingerprint density at radius 2 is 1.84 bits per heavy atom. The van der Waals surface area contributed by atoms with Crippen LogP contribution in [0.1, 0.15) is 5.56 Å². The summed E-state index contributed by atoms with van der Waals surface area (Å²) in [4.78, 5) is 12.6. The molecule has 3 fully saturated rings. The van der Waals surface area contributed by atoms with E-state index in [1.807, 2.05) is 0 Å². The van der Waals surface area contributed by atoms with Gasteiger partial charge in [0.05, 0.1) is 25.4 Å². The molecule has 1 aromatic rings. The van der Waals surface area contributed by atoms with Crippen LogP contribution in [0.5, 0.6) is 11.5 Å². The summed E-state index contributed by atoms with van der Waals surface area (Å²) in [6.45, 7) is -1.08. The third-order valence-electron chi connectivity index (χ3n) is 7.26. The molecular weight excluding hydrogens is 496 g/mol. The van der Waals surface area contributed by atoms with Crippen LogP contribution in [0.2, 0.25) is 0 Å². The monoisotopic (exact) mass is 524 g/mol. The molecule has 0 amide bonds. The van der Waals surface area contributed by atoms with Crippen molar-refractivity contribution in [2.75, 3.05) is 13.2 Å². The van der Waals surface area contributed by atoms with Crippen molar-refractivity contribution in [3.63, 3.8) is 0 Å². The summed E-state index contributed by atoms with van der Waals surface area (Å²) in [5.74, 6) is -2.56. The predicted molar refractivity (Wildman–Crippen MR) is 119 cm³/mol. The first-order chi connectivity index (χ1) is 17.7. The average Bonchev–Trinajstić information content (AvgIpc) is 3.57. The third-order valence-corrected chi connectivity index (χ3v) is 7.26. The number of aliphatic hydroxyl groups excluding tert-OH is 5. The fraction of sp³-hybridized carbons (Fsp3) is 0.542. The fourth-order valence-corrected chi connectivity index (χ4v) is 5.27. The van der Waals surface area contributed by atoms with Crippen LogP contribution in [0.25, 0.3) is 6.08 Å². The highest BCUT2D eigenvalue weighted by Gasteiger charge is 2.77. The number of hydrogen-bond acceptors (Lipinski definition) is 13. The van der Waals surface area contributed by atoms with Crippen molar-refractivity contribution in [2.24, 2.45) is 11.8 Å². The van der Waals surface area contributed by atoms with Crippen molar-refractivity contribution in [3.05, 3.63) is 42.2 Å². The summed E-state index contributed by atoms with van der Waals surface area (Å²) in [7, 11) is 0. The SMILES string of the molecule is O=C(/C=C/c1ccc(O)c(O)c1)O[C@@H]1[C@H]2C=CO[C@H](O[C@H]3O[C@@H](CO)[C@H](O)[C@@H](O)[C@@H]3O)[C@H]2[C@]2(CO)O[C@H]12. The maximum atomic E-state index is 12.6. The molecule has 3 heterocycles. The molecule has 202 valence electrons. The lowest BCUT2D eigenvalue weighted by Crippen LogP contribution is -2.60. The molecule has 2 saturated heterocycles. The number of aromatic hydroxyl groups is 2. The number of benzene rings is 1. The highest BCUT2D eigenvalue weighted by atomic mass is 16.8. The van der Waals surface area contributed by atoms with Gasteiger partial charge in [-0.25, -0.2) is 4.79 Å². The van der Waals surface area contributed by atoms with E-state index in [0.29, 0.717) is 5.56 Å². The molecule has 0 radical (unpaired) electrons. The third kappa shape index (κ3) is 4.47. The van der Waals surface area contributed by atoms with E-state index in [9.17, 15) is 40.5 Å². The van der Waals surface area contributed by atoms with E-state index in [2.05, 4.69) is 0 Å². The van der Waals surface area contributed by atoms with Gasteiger partial charge >= 0.3 is 5.97 Å². The molecule has 5 rings (SSSR count). The summed E-state index contributed by atoms with van der Waals surface area (Å²) < 4.78 is 28.2. The van der Waals surface area contributed by atoms with Gasteiger partial charge < -0.3 is 59.4 Å². The second-order valence-corrected chi connectivity index (χ2v) is 9.40. The molecule has 7 N–H and O–H groups in total. The van der Waals surface area contributed by atoms with Crippen LogP contribution >= 0.6 is 0 Å². The minimum absolute atomic E-state index is 0.297. The van der Waals surface area contributed by atoms with E-state index in [1.54, 1.807) is 6.08 Å². The van der Waals surface area contributed by atoms with Gasteiger partial charge in [0.25, 0.3) is 0 Å². The van der Waals surface area contributed by atoms with Gasteiger partial charge in [0.1, 0.15) is 42.2 Å². The number of esters is 1. The van der Waals surface area contributed by atoms with E-state index in [1.165, 1.54) is 30.5 Å². The second kappa shape index (κ2) is 9.85. The largest absolute Gasteiger partial charge is 0.504 e. The molecule has 4 aliphatic rings. The minimum atomic E-state index is -1.66. The van der Waals surface area contributed by atoms with E-state index >= 15 is 0 Å². The summed E-state index contributed by atoms with van der Waals surface area (Å²) in [6.07, 6.45) is -4.68. The molecule has 13 nitrogen and oxygen atoms in total. The summed E-state index contributed by atoms with van der Waals surface area (Å²) in [5, 5.41) is 69.0. The van der Waals surface area contributed by atoms with Crippen LogP contribution in [0, 0.1) is 11.8 Å². The number of ether oxygens (including phenoxy) is 5. The number of aliphatic hydroxyl groups is 5. The zero-order valence-electron chi connectivity index (χ0n) is 19.3. The van der Waals surface area contributed by atoms with E-state index in [4.69, 9.17) is 23.7 Å². The Kier molecular flexibility index (Phi) is 6.89. The number of phenolic OH excluding ortho intramolecular Hbond substituents is 2. The van der Waals surface area contributed by atoms with Crippen molar-refractivity contribution >= 4 is 12.0 Å². The second-order valence-electron chi connectivity index (χ2n) is 9.40. The summed E-state index contributed by atoms with van der Waals surface area (Å²) in [5.41, 5.74) is -0.714. The Morgan fingerprint density at radius 3 is 2.54 bits per heavy atom. The molecular formula is C24H28O13. The Hall–Kier alpha value is -2.75. The zero-order valence-corrected chi connectivity index (χ0v) is 19.3. The van der Waals surface area contributed by atoms with Gasteiger partial charge in [0, 0.05) is 12.0 Å². The molecule has 1 aliphatic carbocycles. The van der Waals surface area contributed by atoms with E-state index in [0.717, 1.165) is 6.08 Å². The first kappa shape index (κ1) is 25.9. The molecule has 13 heteroatoms. The van der Waals surface area contributed by atoms with Crippen molar-refractivity contribution < 1.29 is 64.2 Å². The number of rotatable bonds is 7. The molecule has 1 aromatic carbocycles. The fourth-order valence-electron chi connectivity index (χ4n) is 5.27. The Labute approximate surface area is 210 Å². The van der Waals surface area contributed by atoms with Crippen molar-refractivity contribution in [1.29, 1.82) is 0 Å². The number of phenols is 2. The highest BCUT2D eigenvalue weighted by Crippen LogP contribution is 2.60. The number of fused-ring (bicyclic) bond motifs is 3. The molecule has 0 unspecified atom stereocenters. The van der Waals surface area contributed by atoms with Crippen LogP contribution in [-0.4, -0.2) is 110 Å². The van der Waals surface area contributed by atoms with Gasteiger partial charge in [0.15, 0.2) is 17.8 Å².